The van der Waals surface area contributed by atoms with Gasteiger partial charge in [-0.2, -0.15) is 0 Å². The van der Waals surface area contributed by atoms with Crippen LogP contribution in [0.1, 0.15) is 18.0 Å². The molecule has 1 aromatic carbocycles. The summed E-state index contributed by atoms with van der Waals surface area (Å²) in [6, 6.07) is 6.36. The first-order chi connectivity index (χ1) is 7.09. The van der Waals surface area contributed by atoms with Crippen LogP contribution < -0.4 is 5.73 Å². The number of likely N-dealkylation sites (N-methyl/N-ethyl adjacent to an activating group) is 1. The topological polar surface area (TPSA) is 29.3 Å². The van der Waals surface area contributed by atoms with Crippen molar-refractivity contribution < 1.29 is 0 Å². The first kappa shape index (κ1) is 11.4. The molecule has 0 radical (unpaired) electrons. The van der Waals surface area contributed by atoms with Crippen molar-refractivity contribution in [3.05, 3.63) is 33.3 Å². The third-order valence-electron chi connectivity index (χ3n) is 2.97. The van der Waals surface area contributed by atoms with Crippen molar-refractivity contribution in [3.8, 4) is 0 Å². The number of hydrogen-bond donors (Lipinski definition) is 1. The van der Waals surface area contributed by atoms with Gasteiger partial charge in [0.05, 0.1) is 6.04 Å². The zero-order valence-corrected chi connectivity index (χ0v) is 10.9. The molecule has 2 N–H and O–H groups in total. The number of hydrogen-bond acceptors (Lipinski definition) is 2. The van der Waals surface area contributed by atoms with Crippen molar-refractivity contribution in [3.63, 3.8) is 0 Å². The molecule has 2 nitrogen and oxygen atoms in total. The molecule has 2 atom stereocenters. The van der Waals surface area contributed by atoms with Gasteiger partial charge in [-0.1, -0.05) is 27.5 Å². The Balaban J connectivity index is 2.39. The maximum atomic E-state index is 6.20. The van der Waals surface area contributed by atoms with Gasteiger partial charge in [0.25, 0.3) is 0 Å². The lowest BCUT2D eigenvalue weighted by Crippen LogP contribution is -2.29. The van der Waals surface area contributed by atoms with Crippen LogP contribution in [0.4, 0.5) is 0 Å². The normalized spacial score (nSPS) is 27.2. The van der Waals surface area contributed by atoms with Crippen LogP contribution in [-0.2, 0) is 0 Å². The van der Waals surface area contributed by atoms with Crippen LogP contribution in [0.3, 0.4) is 0 Å². The number of halogens is 2. The van der Waals surface area contributed by atoms with Gasteiger partial charge in [-0.3, -0.25) is 4.90 Å². The molecule has 0 aromatic heterocycles. The molecule has 1 saturated heterocycles. The Kier molecular flexibility index (Phi) is 3.36. The van der Waals surface area contributed by atoms with Crippen LogP contribution in [0.25, 0.3) is 0 Å². The minimum absolute atomic E-state index is 0.182. The smallest absolute Gasteiger partial charge is 0.0512 e. The van der Waals surface area contributed by atoms with Crippen molar-refractivity contribution in [2.24, 2.45) is 5.73 Å². The molecule has 1 aliphatic heterocycles. The Bertz CT molecular complexity index is 360. The first-order valence-corrected chi connectivity index (χ1v) is 6.17. The molecule has 4 heteroatoms. The zero-order valence-electron chi connectivity index (χ0n) is 8.58. The van der Waals surface area contributed by atoms with Gasteiger partial charge in [-0.25, -0.2) is 0 Å². The molecule has 82 valence electrons. The van der Waals surface area contributed by atoms with Gasteiger partial charge in [-0.15, -0.1) is 0 Å². The predicted octanol–water partition coefficient (Wildman–Crippen LogP) is 2.81. The van der Waals surface area contributed by atoms with E-state index in [1.165, 1.54) is 0 Å². The largest absolute Gasteiger partial charge is 0.326 e. The Hall–Kier alpha value is -0.0900. The van der Waals surface area contributed by atoms with E-state index in [0.29, 0.717) is 0 Å². The second-order valence-corrected chi connectivity index (χ2v) is 5.37. The van der Waals surface area contributed by atoms with Crippen molar-refractivity contribution in [2.75, 3.05) is 13.6 Å². The maximum Gasteiger partial charge on any atom is 0.0512 e. The highest BCUT2D eigenvalue weighted by molar-refractivity contribution is 9.10. The van der Waals surface area contributed by atoms with E-state index < -0.39 is 0 Å². The molecule has 0 amide bonds. The van der Waals surface area contributed by atoms with E-state index in [9.17, 15) is 0 Å². The first-order valence-electron chi connectivity index (χ1n) is 5.00. The van der Waals surface area contributed by atoms with Crippen molar-refractivity contribution in [1.29, 1.82) is 0 Å². The summed E-state index contributed by atoms with van der Waals surface area (Å²) in [6.45, 7) is 1.04. The highest BCUT2D eigenvalue weighted by Crippen LogP contribution is 2.35. The molecule has 1 aliphatic rings. The van der Waals surface area contributed by atoms with Crippen LogP contribution in [0, 0.1) is 0 Å². The average Bonchev–Trinajstić information content (AvgIpc) is 2.51. The fraction of sp³-hybridized carbons (Fsp3) is 0.455. The van der Waals surface area contributed by atoms with Gasteiger partial charge in [0.15, 0.2) is 0 Å². The minimum atomic E-state index is 0.182. The Labute approximate surface area is 104 Å². The third-order valence-corrected chi connectivity index (χ3v) is 3.81. The second kappa shape index (κ2) is 4.42. The minimum Gasteiger partial charge on any atom is -0.326 e. The molecule has 1 fully saturated rings. The molecular weight excluding hydrogens is 275 g/mol. The number of nitrogens with two attached hydrogens (primary N) is 1. The van der Waals surface area contributed by atoms with Crippen LogP contribution >= 0.6 is 27.5 Å². The molecule has 0 bridgehead atoms. The van der Waals surface area contributed by atoms with E-state index in [4.69, 9.17) is 17.3 Å². The summed E-state index contributed by atoms with van der Waals surface area (Å²) in [7, 11) is 2.09. The van der Waals surface area contributed by atoms with E-state index in [2.05, 4.69) is 33.9 Å². The molecule has 1 heterocycles. The Morgan fingerprint density at radius 2 is 2.27 bits per heavy atom. The van der Waals surface area contributed by atoms with Gasteiger partial charge in [0.2, 0.25) is 0 Å². The summed E-state index contributed by atoms with van der Waals surface area (Å²) in [4.78, 5) is 2.26. The van der Waals surface area contributed by atoms with Crippen molar-refractivity contribution in [1.82, 2.24) is 4.90 Å². The summed E-state index contributed by atoms with van der Waals surface area (Å²) >= 11 is 9.67. The molecular formula is C11H14BrClN2. The van der Waals surface area contributed by atoms with Gasteiger partial charge in [-0.05, 0) is 37.2 Å². The van der Waals surface area contributed by atoms with E-state index in [1.54, 1.807) is 0 Å². The third kappa shape index (κ3) is 2.21. The quantitative estimate of drug-likeness (QED) is 0.861. The number of nitrogens with zero attached hydrogens (tertiary/aromatic N) is 1. The van der Waals surface area contributed by atoms with Crippen LogP contribution in [0.2, 0.25) is 5.02 Å². The highest BCUT2D eigenvalue weighted by Gasteiger charge is 2.31. The maximum absolute atomic E-state index is 6.20. The molecule has 2 unspecified atom stereocenters. The standard InChI is InChI=1S/C11H14BrClN2/c1-15-5-4-10(14)11(15)8-6-7(12)2-3-9(8)13/h2-3,6,10-11H,4-5,14H2,1H3. The fourth-order valence-corrected chi connectivity index (χ4v) is 2.79. The summed E-state index contributed by atoms with van der Waals surface area (Å²) < 4.78 is 1.05. The monoisotopic (exact) mass is 288 g/mol. The molecule has 1 aromatic rings. The fourth-order valence-electron chi connectivity index (χ4n) is 2.19. The molecule has 15 heavy (non-hydrogen) atoms. The zero-order chi connectivity index (χ0) is 11.0. The summed E-state index contributed by atoms with van der Waals surface area (Å²) in [5.74, 6) is 0. The van der Waals surface area contributed by atoms with Crippen molar-refractivity contribution in [2.45, 2.75) is 18.5 Å². The van der Waals surface area contributed by atoms with E-state index in [1.807, 2.05) is 12.1 Å². The van der Waals surface area contributed by atoms with E-state index in [0.717, 1.165) is 28.0 Å². The molecule has 0 aliphatic carbocycles. The SMILES string of the molecule is CN1CCC(N)C1c1cc(Br)ccc1Cl. The predicted molar refractivity (Wildman–Crippen MR) is 67.1 cm³/mol. The second-order valence-electron chi connectivity index (χ2n) is 4.04. The Morgan fingerprint density at radius 1 is 1.53 bits per heavy atom. The van der Waals surface area contributed by atoms with E-state index >= 15 is 0 Å². The lowest BCUT2D eigenvalue weighted by atomic mass is 10.0. The highest BCUT2D eigenvalue weighted by atomic mass is 79.9. The van der Waals surface area contributed by atoms with Gasteiger partial charge >= 0.3 is 0 Å². The Morgan fingerprint density at radius 3 is 2.87 bits per heavy atom. The molecule has 0 saturated carbocycles. The average molecular weight is 290 g/mol. The van der Waals surface area contributed by atoms with E-state index in [-0.39, 0.29) is 12.1 Å². The molecule has 0 spiro atoms. The lowest BCUT2D eigenvalue weighted by Gasteiger charge is -2.24. The number of benzene rings is 1. The lowest BCUT2D eigenvalue weighted by molar-refractivity contribution is 0.304. The van der Waals surface area contributed by atoms with Gasteiger partial charge in [0.1, 0.15) is 0 Å². The summed E-state index contributed by atoms with van der Waals surface area (Å²) in [6.07, 6.45) is 1.03. The summed E-state index contributed by atoms with van der Waals surface area (Å²) in [5.41, 5.74) is 7.23. The van der Waals surface area contributed by atoms with Crippen molar-refractivity contribution >= 4 is 27.5 Å². The van der Waals surface area contributed by atoms with Crippen LogP contribution in [0.15, 0.2) is 22.7 Å². The number of likely N-dealkylation sites (tertiary alicyclic amines) is 1. The van der Waals surface area contributed by atoms with Crippen LogP contribution in [-0.4, -0.2) is 24.5 Å². The molecule has 2 rings (SSSR count). The summed E-state index contributed by atoms with van der Waals surface area (Å²) in [5, 5.41) is 0.799. The van der Waals surface area contributed by atoms with Crippen LogP contribution in [0.5, 0.6) is 0 Å². The number of rotatable bonds is 1. The van der Waals surface area contributed by atoms with Gasteiger partial charge < -0.3 is 5.73 Å². The van der Waals surface area contributed by atoms with Gasteiger partial charge in [0, 0.05) is 22.1 Å².